The molecule has 0 amide bonds. The molecule has 4 rings (SSSR count). The van der Waals surface area contributed by atoms with Crippen LogP contribution in [0.1, 0.15) is 43.5 Å². The summed E-state index contributed by atoms with van der Waals surface area (Å²) in [5, 5.41) is 13.6. The van der Waals surface area contributed by atoms with E-state index in [0.29, 0.717) is 5.02 Å². The maximum absolute atomic E-state index is 10.9. The maximum Gasteiger partial charge on any atom is 0.162 e. The van der Waals surface area contributed by atoms with E-state index in [9.17, 15) is 5.11 Å². The summed E-state index contributed by atoms with van der Waals surface area (Å²) < 4.78 is 0. The molecule has 0 unspecified atom stereocenters. The van der Waals surface area contributed by atoms with Gasteiger partial charge in [-0.2, -0.15) is 5.06 Å². The number of hydroxylamine groups is 2. The third-order valence-electron chi connectivity index (χ3n) is 5.95. The lowest BCUT2D eigenvalue weighted by molar-refractivity contribution is -0.457. The fraction of sp³-hybridized carbons (Fsp3) is 0.280. The van der Waals surface area contributed by atoms with Crippen molar-refractivity contribution in [1.29, 1.82) is 0 Å². The molecule has 0 saturated carbocycles. The summed E-state index contributed by atoms with van der Waals surface area (Å²) in [6.45, 7) is 6.08. The van der Waals surface area contributed by atoms with Gasteiger partial charge in [0.25, 0.3) is 0 Å². The van der Waals surface area contributed by atoms with E-state index >= 15 is 0 Å². The van der Waals surface area contributed by atoms with Crippen molar-refractivity contribution in [3.63, 3.8) is 0 Å². The van der Waals surface area contributed by atoms with Gasteiger partial charge in [0, 0.05) is 5.02 Å². The van der Waals surface area contributed by atoms with Crippen molar-refractivity contribution in [3.05, 3.63) is 107 Å². The molecule has 1 aliphatic heterocycles. The zero-order valence-corrected chi connectivity index (χ0v) is 17.7. The smallest absolute Gasteiger partial charge is 0.162 e. The Morgan fingerprint density at radius 1 is 0.931 bits per heavy atom. The van der Waals surface area contributed by atoms with Gasteiger partial charge in [-0.15, -0.1) is 0 Å². The number of hydrogen-bond acceptors (Lipinski definition) is 3. The molecule has 1 saturated heterocycles. The molecule has 3 nitrogen and oxygen atoms in total. The van der Waals surface area contributed by atoms with Crippen LogP contribution < -0.4 is 0 Å². The summed E-state index contributed by atoms with van der Waals surface area (Å²) in [5.41, 5.74) is 1.87. The Hall–Kier alpha value is -2.17. The lowest BCUT2D eigenvalue weighted by Gasteiger charge is -2.62. The largest absolute Gasteiger partial charge is 0.390 e. The van der Waals surface area contributed by atoms with E-state index in [1.54, 1.807) is 6.92 Å². The van der Waals surface area contributed by atoms with Crippen LogP contribution >= 0.6 is 11.6 Å². The Balaban J connectivity index is 1.85. The van der Waals surface area contributed by atoms with Crippen molar-refractivity contribution in [2.75, 3.05) is 0 Å². The molecule has 0 radical (unpaired) electrons. The first kappa shape index (κ1) is 20.1. The number of hydrogen-bond donors (Lipinski definition) is 1. The second-order valence-corrected chi connectivity index (χ2v) is 8.57. The van der Waals surface area contributed by atoms with E-state index in [0.717, 1.165) is 16.7 Å². The first-order chi connectivity index (χ1) is 13.9. The Bertz CT molecular complexity index is 957. The molecule has 29 heavy (non-hydrogen) atoms. The highest BCUT2D eigenvalue weighted by atomic mass is 35.5. The number of aliphatic hydroxyl groups excluding tert-OH is 1. The minimum atomic E-state index is -0.874. The molecule has 4 heteroatoms. The summed E-state index contributed by atoms with van der Waals surface area (Å²) in [4.78, 5) is 6.54. The van der Waals surface area contributed by atoms with Crippen molar-refractivity contribution < 1.29 is 9.94 Å². The van der Waals surface area contributed by atoms with Gasteiger partial charge in [0.15, 0.2) is 5.60 Å². The number of rotatable bonds is 5. The quantitative estimate of drug-likeness (QED) is 0.576. The van der Waals surface area contributed by atoms with E-state index in [4.69, 9.17) is 16.4 Å². The Kier molecular flexibility index (Phi) is 5.26. The maximum atomic E-state index is 10.9. The molecule has 150 valence electrons. The molecule has 1 aliphatic rings. The van der Waals surface area contributed by atoms with Crippen molar-refractivity contribution in [2.45, 2.75) is 44.1 Å². The van der Waals surface area contributed by atoms with E-state index in [-0.39, 0.29) is 6.04 Å². The van der Waals surface area contributed by atoms with E-state index < -0.39 is 17.2 Å². The van der Waals surface area contributed by atoms with Gasteiger partial charge in [0.05, 0.1) is 17.7 Å². The fourth-order valence-corrected chi connectivity index (χ4v) is 4.41. The Morgan fingerprint density at radius 2 is 1.48 bits per heavy atom. The second kappa shape index (κ2) is 7.58. The van der Waals surface area contributed by atoms with Crippen LogP contribution in [0.2, 0.25) is 5.02 Å². The number of nitrogens with zero attached hydrogens (tertiary/aromatic N) is 1. The van der Waals surface area contributed by atoms with Crippen molar-refractivity contribution in [2.24, 2.45) is 0 Å². The second-order valence-electron chi connectivity index (χ2n) is 8.13. The highest BCUT2D eigenvalue weighted by molar-refractivity contribution is 6.30. The fourth-order valence-electron chi connectivity index (χ4n) is 4.28. The van der Waals surface area contributed by atoms with Gasteiger partial charge in [-0.05, 0) is 49.6 Å². The van der Waals surface area contributed by atoms with Gasteiger partial charge in [-0.25, -0.2) is 0 Å². The summed E-state index contributed by atoms with van der Waals surface area (Å²) in [7, 11) is 0. The zero-order chi connectivity index (χ0) is 20.6. The van der Waals surface area contributed by atoms with Gasteiger partial charge in [-0.1, -0.05) is 84.4 Å². The Labute approximate surface area is 177 Å². The lowest BCUT2D eigenvalue weighted by atomic mass is 9.74. The van der Waals surface area contributed by atoms with Crippen LogP contribution in [0.3, 0.4) is 0 Å². The molecule has 1 fully saturated rings. The van der Waals surface area contributed by atoms with Crippen LogP contribution in [-0.2, 0) is 16.0 Å². The van der Waals surface area contributed by atoms with Gasteiger partial charge < -0.3 is 5.11 Å². The number of benzene rings is 3. The van der Waals surface area contributed by atoms with Crippen molar-refractivity contribution in [1.82, 2.24) is 5.06 Å². The summed E-state index contributed by atoms with van der Waals surface area (Å²) >= 11 is 6.16. The predicted molar refractivity (Wildman–Crippen MR) is 116 cm³/mol. The number of halogens is 1. The molecular formula is C25H26ClNO2. The molecule has 0 aliphatic carbocycles. The first-order valence-electron chi connectivity index (χ1n) is 9.90. The SMILES string of the molecule is C[C@@H](O)[C@@]1(c2ccccc2)ON(C(C)(C)c2ccccc2)[C@@H]1c1ccc(Cl)cc1. The molecule has 3 aromatic carbocycles. The molecule has 3 atom stereocenters. The minimum Gasteiger partial charge on any atom is -0.390 e. The first-order valence-corrected chi connectivity index (χ1v) is 10.3. The van der Waals surface area contributed by atoms with Crippen molar-refractivity contribution >= 4 is 11.6 Å². The summed E-state index contributed by atoms with van der Waals surface area (Å²) in [6, 6.07) is 27.9. The average Bonchev–Trinajstić information content (AvgIpc) is 2.70. The molecule has 1 heterocycles. The molecular weight excluding hydrogens is 382 g/mol. The topological polar surface area (TPSA) is 32.7 Å². The normalized spacial score (nSPS) is 23.4. The van der Waals surface area contributed by atoms with E-state index in [1.807, 2.05) is 77.9 Å². The molecule has 0 aromatic heterocycles. The summed E-state index contributed by atoms with van der Waals surface area (Å²) in [5.74, 6) is 0. The summed E-state index contributed by atoms with van der Waals surface area (Å²) in [6.07, 6.45) is -0.714. The highest BCUT2D eigenvalue weighted by Gasteiger charge is 2.63. The zero-order valence-electron chi connectivity index (χ0n) is 16.9. The number of aliphatic hydroxyl groups is 1. The predicted octanol–water partition coefficient (Wildman–Crippen LogP) is 5.84. The van der Waals surface area contributed by atoms with Crippen LogP contribution in [0.4, 0.5) is 0 Å². The lowest BCUT2D eigenvalue weighted by Crippen LogP contribution is -2.68. The Morgan fingerprint density at radius 3 is 2.03 bits per heavy atom. The molecule has 0 bridgehead atoms. The van der Waals surface area contributed by atoms with Gasteiger partial charge in [0.2, 0.25) is 0 Å². The molecule has 3 aromatic rings. The van der Waals surface area contributed by atoms with Crippen LogP contribution in [0.5, 0.6) is 0 Å². The monoisotopic (exact) mass is 407 g/mol. The van der Waals surface area contributed by atoms with Crippen molar-refractivity contribution in [3.8, 4) is 0 Å². The van der Waals surface area contributed by atoms with Crippen LogP contribution in [-0.4, -0.2) is 16.3 Å². The standard InChI is InChI=1S/C25H26ClNO2/c1-18(28)25(21-12-8-5-9-13-21)23(19-14-16-22(26)17-15-19)27(29-25)24(2,3)20-10-6-4-7-11-20/h4-18,23,28H,1-3H3/t18-,23-,25+/m1/s1. The van der Waals surface area contributed by atoms with E-state index in [1.165, 1.54) is 0 Å². The van der Waals surface area contributed by atoms with E-state index in [2.05, 4.69) is 26.0 Å². The average molecular weight is 408 g/mol. The van der Waals surface area contributed by atoms with Crippen LogP contribution in [0, 0.1) is 0 Å². The molecule has 0 spiro atoms. The highest BCUT2D eigenvalue weighted by Crippen LogP contribution is 2.58. The van der Waals surface area contributed by atoms with Crippen LogP contribution in [0.15, 0.2) is 84.9 Å². The van der Waals surface area contributed by atoms with Gasteiger partial charge >= 0.3 is 0 Å². The third-order valence-corrected chi connectivity index (χ3v) is 6.20. The van der Waals surface area contributed by atoms with Crippen LogP contribution in [0.25, 0.3) is 0 Å². The third kappa shape index (κ3) is 3.28. The van der Waals surface area contributed by atoms with Gasteiger partial charge in [0.1, 0.15) is 0 Å². The van der Waals surface area contributed by atoms with Gasteiger partial charge in [-0.3, -0.25) is 4.84 Å². The molecule has 1 N–H and O–H groups in total. The minimum absolute atomic E-state index is 0.183.